The van der Waals surface area contributed by atoms with Gasteiger partial charge < -0.3 is 15.3 Å². The van der Waals surface area contributed by atoms with E-state index in [1.807, 2.05) is 0 Å². The Morgan fingerprint density at radius 2 is 2.36 bits per heavy atom. The highest BCUT2D eigenvalue weighted by Crippen LogP contribution is 2.27. The minimum atomic E-state index is -0.326. The summed E-state index contributed by atoms with van der Waals surface area (Å²) in [5.41, 5.74) is 6.09. The van der Waals surface area contributed by atoms with Crippen LogP contribution in [0.5, 0.6) is 5.75 Å². The van der Waals surface area contributed by atoms with E-state index in [0.29, 0.717) is 5.58 Å². The number of carbonyl (C=O) groups is 1. The molecule has 1 aromatic carbocycles. The zero-order valence-electron chi connectivity index (χ0n) is 7.23. The maximum atomic E-state index is 11.3. The van der Waals surface area contributed by atoms with Crippen LogP contribution in [0.3, 0.4) is 0 Å². The fourth-order valence-corrected chi connectivity index (χ4v) is 1.25. The molecule has 0 bridgehead atoms. The van der Waals surface area contributed by atoms with Crippen LogP contribution in [0.1, 0.15) is 10.4 Å². The maximum Gasteiger partial charge on any atom is 0.182 e. The molecule has 0 spiro atoms. The van der Waals surface area contributed by atoms with E-state index in [0.717, 1.165) is 0 Å². The van der Waals surface area contributed by atoms with Crippen LogP contribution in [0.4, 0.5) is 0 Å². The number of nitrogens with zero attached hydrogens (tertiary/aromatic N) is 1. The van der Waals surface area contributed by atoms with Crippen LogP contribution in [0.25, 0.3) is 11.1 Å². The molecule has 0 saturated heterocycles. The number of aromatic nitrogens is 1. The minimum Gasteiger partial charge on any atom is -0.505 e. The molecule has 0 amide bonds. The molecule has 0 aliphatic rings. The van der Waals surface area contributed by atoms with Gasteiger partial charge in [-0.25, -0.2) is 4.98 Å². The van der Waals surface area contributed by atoms with Crippen molar-refractivity contribution in [1.29, 1.82) is 0 Å². The molecule has 5 nitrogen and oxygen atoms in total. The van der Waals surface area contributed by atoms with Crippen molar-refractivity contribution in [2.24, 2.45) is 5.73 Å². The van der Waals surface area contributed by atoms with Gasteiger partial charge in [0.2, 0.25) is 0 Å². The maximum absolute atomic E-state index is 11.3. The largest absolute Gasteiger partial charge is 0.505 e. The second-order valence-corrected chi connectivity index (χ2v) is 2.79. The monoisotopic (exact) mass is 192 g/mol. The molecular formula is C9H8N2O3. The average Bonchev–Trinajstić information content (AvgIpc) is 2.66. The topological polar surface area (TPSA) is 89.4 Å². The number of phenolic OH excluding ortho intramolecular Hbond substituents is 1. The average molecular weight is 192 g/mol. The van der Waals surface area contributed by atoms with E-state index < -0.39 is 0 Å². The molecule has 1 heterocycles. The first-order chi connectivity index (χ1) is 6.74. The van der Waals surface area contributed by atoms with Crippen molar-refractivity contribution >= 4 is 16.9 Å². The summed E-state index contributed by atoms with van der Waals surface area (Å²) in [7, 11) is 0. The van der Waals surface area contributed by atoms with Gasteiger partial charge in [0.15, 0.2) is 29.0 Å². The Morgan fingerprint density at radius 1 is 1.57 bits per heavy atom. The molecule has 72 valence electrons. The van der Waals surface area contributed by atoms with Crippen molar-refractivity contribution in [1.82, 2.24) is 4.98 Å². The highest BCUT2D eigenvalue weighted by molar-refractivity contribution is 6.03. The first kappa shape index (κ1) is 8.71. The van der Waals surface area contributed by atoms with Gasteiger partial charge in [0.1, 0.15) is 0 Å². The Bertz CT molecular complexity index is 490. The lowest BCUT2D eigenvalue weighted by Gasteiger charge is -2.00. The lowest BCUT2D eigenvalue weighted by molar-refractivity contribution is 0.0999. The van der Waals surface area contributed by atoms with Crippen molar-refractivity contribution < 1.29 is 14.3 Å². The predicted octanol–water partition coefficient (Wildman–Crippen LogP) is 0.675. The van der Waals surface area contributed by atoms with Crippen molar-refractivity contribution in [3.05, 3.63) is 24.1 Å². The molecule has 2 rings (SSSR count). The minimum absolute atomic E-state index is 0.142. The number of hydrogen-bond acceptors (Lipinski definition) is 5. The Hall–Kier alpha value is -1.88. The van der Waals surface area contributed by atoms with E-state index in [-0.39, 0.29) is 29.2 Å². The molecule has 0 radical (unpaired) electrons. The second kappa shape index (κ2) is 3.12. The van der Waals surface area contributed by atoms with Gasteiger partial charge in [0, 0.05) is 0 Å². The summed E-state index contributed by atoms with van der Waals surface area (Å²) in [4.78, 5) is 15.0. The first-order valence-electron chi connectivity index (χ1n) is 4.02. The van der Waals surface area contributed by atoms with Gasteiger partial charge in [0.05, 0.1) is 12.1 Å². The van der Waals surface area contributed by atoms with Crippen LogP contribution in [0.15, 0.2) is 22.9 Å². The summed E-state index contributed by atoms with van der Waals surface area (Å²) >= 11 is 0. The summed E-state index contributed by atoms with van der Waals surface area (Å²) in [6, 6.07) is 3.04. The second-order valence-electron chi connectivity index (χ2n) is 2.79. The number of benzene rings is 1. The Kier molecular flexibility index (Phi) is 1.94. The van der Waals surface area contributed by atoms with Crippen molar-refractivity contribution in [3.8, 4) is 5.75 Å². The molecule has 0 atom stereocenters. The van der Waals surface area contributed by atoms with Gasteiger partial charge in [-0.2, -0.15) is 0 Å². The number of phenols is 1. The SMILES string of the molecule is NCC(=O)c1ccc2ocnc2c1O. The van der Waals surface area contributed by atoms with E-state index in [1.165, 1.54) is 12.5 Å². The summed E-state index contributed by atoms with van der Waals surface area (Å²) in [6.45, 7) is -0.142. The van der Waals surface area contributed by atoms with Gasteiger partial charge >= 0.3 is 0 Å². The van der Waals surface area contributed by atoms with Crippen LogP contribution >= 0.6 is 0 Å². The molecule has 14 heavy (non-hydrogen) atoms. The number of ketones is 1. The number of fused-ring (bicyclic) bond motifs is 1. The van der Waals surface area contributed by atoms with Gasteiger partial charge in [-0.1, -0.05) is 0 Å². The van der Waals surface area contributed by atoms with E-state index in [2.05, 4.69) is 4.98 Å². The quantitative estimate of drug-likeness (QED) is 0.682. The fourth-order valence-electron chi connectivity index (χ4n) is 1.25. The van der Waals surface area contributed by atoms with E-state index in [4.69, 9.17) is 10.2 Å². The lowest BCUT2D eigenvalue weighted by Crippen LogP contribution is -2.13. The van der Waals surface area contributed by atoms with Crippen molar-refractivity contribution in [2.45, 2.75) is 0 Å². The number of Topliss-reactive ketones (excluding diaryl/α,β-unsaturated/α-hetero) is 1. The third kappa shape index (κ3) is 1.14. The molecule has 5 heteroatoms. The summed E-state index contributed by atoms with van der Waals surface area (Å²) in [5.74, 6) is -0.501. The molecular weight excluding hydrogens is 184 g/mol. The molecule has 0 saturated carbocycles. The van der Waals surface area contributed by atoms with Gasteiger partial charge in [-0.05, 0) is 12.1 Å². The van der Waals surface area contributed by atoms with Crippen LogP contribution in [0.2, 0.25) is 0 Å². The molecule has 0 aliphatic heterocycles. The standard InChI is InChI=1S/C9H8N2O3/c10-3-6(12)5-1-2-7-8(9(5)13)11-4-14-7/h1-2,4,13H,3,10H2. The highest BCUT2D eigenvalue weighted by atomic mass is 16.3. The molecule has 0 fully saturated rings. The molecule has 3 N–H and O–H groups in total. The summed E-state index contributed by atoms with van der Waals surface area (Å²) in [6.07, 6.45) is 1.21. The number of oxazole rings is 1. The Balaban J connectivity index is 2.67. The molecule has 1 aromatic heterocycles. The number of hydrogen-bond donors (Lipinski definition) is 2. The normalized spacial score (nSPS) is 10.6. The zero-order chi connectivity index (χ0) is 10.1. The van der Waals surface area contributed by atoms with E-state index in [1.54, 1.807) is 6.07 Å². The molecule has 0 unspecified atom stereocenters. The van der Waals surface area contributed by atoms with Crippen LogP contribution < -0.4 is 5.73 Å². The molecule has 2 aromatic rings. The number of nitrogens with two attached hydrogens (primary N) is 1. The highest BCUT2D eigenvalue weighted by Gasteiger charge is 2.14. The Labute approximate surface area is 79.2 Å². The van der Waals surface area contributed by atoms with E-state index >= 15 is 0 Å². The summed E-state index contributed by atoms with van der Waals surface area (Å²) in [5, 5.41) is 9.64. The third-order valence-corrected chi connectivity index (χ3v) is 1.96. The zero-order valence-corrected chi connectivity index (χ0v) is 7.23. The summed E-state index contributed by atoms with van der Waals surface area (Å²) < 4.78 is 4.95. The van der Waals surface area contributed by atoms with Crippen LogP contribution in [-0.2, 0) is 0 Å². The van der Waals surface area contributed by atoms with Crippen LogP contribution in [-0.4, -0.2) is 22.4 Å². The molecule has 0 aliphatic carbocycles. The van der Waals surface area contributed by atoms with E-state index in [9.17, 15) is 9.90 Å². The van der Waals surface area contributed by atoms with Gasteiger partial charge in [-0.3, -0.25) is 4.79 Å². The smallest absolute Gasteiger partial charge is 0.182 e. The van der Waals surface area contributed by atoms with Crippen molar-refractivity contribution in [2.75, 3.05) is 6.54 Å². The van der Waals surface area contributed by atoms with Crippen LogP contribution in [0, 0.1) is 0 Å². The number of aromatic hydroxyl groups is 1. The lowest BCUT2D eigenvalue weighted by atomic mass is 10.1. The van der Waals surface area contributed by atoms with Gasteiger partial charge in [0.25, 0.3) is 0 Å². The first-order valence-corrected chi connectivity index (χ1v) is 4.02. The number of carbonyl (C=O) groups excluding carboxylic acids is 1. The predicted molar refractivity (Wildman–Crippen MR) is 49.1 cm³/mol. The van der Waals surface area contributed by atoms with Crippen molar-refractivity contribution in [3.63, 3.8) is 0 Å². The fraction of sp³-hybridized carbons (Fsp3) is 0.111. The Morgan fingerprint density at radius 3 is 3.07 bits per heavy atom. The third-order valence-electron chi connectivity index (χ3n) is 1.96. The van der Waals surface area contributed by atoms with Gasteiger partial charge in [-0.15, -0.1) is 0 Å². The number of rotatable bonds is 2.